The zero-order valence-corrected chi connectivity index (χ0v) is 48.3. The molecule has 1 saturated heterocycles. The van der Waals surface area contributed by atoms with Crippen LogP contribution in [0.25, 0.3) is 11.2 Å². The third kappa shape index (κ3) is 11.7. The molecule has 3 heterocycles. The number of hydrogen-bond acceptors (Lipinski definition) is 14. The normalized spacial score (nSPS) is 19.1. The molecule has 84 heavy (non-hydrogen) atoms. The van der Waals surface area contributed by atoms with Crippen LogP contribution in [0.2, 0.25) is 0 Å². The fraction of sp³-hybridized carbons (Fsp3) is 0.262. The molecule has 0 amide bonds. The summed E-state index contributed by atoms with van der Waals surface area (Å²) in [6.45, 7) is 6.46. The number of imidazole rings is 1. The minimum atomic E-state index is -4.87. The van der Waals surface area contributed by atoms with Crippen LogP contribution >= 0.6 is 7.75 Å². The number of carbonyl (C=O) groups is 1. The summed E-state index contributed by atoms with van der Waals surface area (Å²) in [6, 6.07) is 58.6. The lowest BCUT2D eigenvalue weighted by molar-refractivity contribution is -0.229. The summed E-state index contributed by atoms with van der Waals surface area (Å²) >= 11 is 0. The van der Waals surface area contributed by atoms with Crippen LogP contribution in [-0.2, 0) is 39.2 Å². The molecule has 0 saturated carbocycles. The second kappa shape index (κ2) is 24.8. The number of para-hydroxylation sites is 1. The van der Waals surface area contributed by atoms with E-state index in [1.807, 2.05) is 97.1 Å². The average Bonchev–Trinajstić information content (AvgIpc) is 2.06. The van der Waals surface area contributed by atoms with Gasteiger partial charge in [0, 0.05) is 0 Å². The van der Waals surface area contributed by atoms with Crippen molar-refractivity contribution in [3.63, 3.8) is 0 Å². The van der Waals surface area contributed by atoms with Crippen LogP contribution in [0.5, 0.6) is 23.1 Å². The first-order valence-corrected chi connectivity index (χ1v) is 29.0. The molecule has 9 aromatic rings. The molecule has 0 aliphatic carbocycles. The van der Waals surface area contributed by atoms with E-state index in [1.54, 1.807) is 119 Å². The number of benzene rings is 7. The minimum Gasteiger partial charge on any atom is -0.497 e. The highest BCUT2D eigenvalue weighted by Gasteiger charge is 2.68. The van der Waals surface area contributed by atoms with Gasteiger partial charge in [-0.3, -0.25) is 13.9 Å². The van der Waals surface area contributed by atoms with Crippen molar-refractivity contribution < 1.29 is 55.6 Å². The van der Waals surface area contributed by atoms with Crippen molar-refractivity contribution in [1.29, 1.82) is 0 Å². The van der Waals surface area contributed by atoms with E-state index < -0.39 is 67.5 Å². The highest BCUT2D eigenvalue weighted by molar-refractivity contribution is 7.52. The standard InChI is InChI=1S/C65H65F2N6O10P/c1-8-78-57-55-56(69-61(70-57)71-64(46-24-14-9-15-25-46,47-26-16-10-17-27-47)48-34-38-52(76-6)39-35-48)73(43-68-55)60-62(5,66)59(63(67,82-60)42-79-84(75,83-54-32-22-13-23-33-54)72-45(4)58(74)80-44(2)3)81-65(49-28-18-11-19-29-49,50-30-20-12-21-31-50)51-36-40-53(77-7)41-37-51/h9-41,43-45,59-60H,8,42H2,1-7H3,(H,72,75)(H,69,70,71)/t45-,59-,60+,62+,63+,84?/m0/s1. The number of alkyl halides is 2. The summed E-state index contributed by atoms with van der Waals surface area (Å²) < 4.78 is 104. The molecule has 1 unspecified atom stereocenters. The van der Waals surface area contributed by atoms with Crippen LogP contribution in [0, 0.1) is 0 Å². The number of fused-ring (bicyclic) bond motifs is 1. The maximum Gasteiger partial charge on any atom is 0.459 e. The topological polar surface area (TPSA) is 176 Å². The molecule has 1 aliphatic rings. The van der Waals surface area contributed by atoms with Crippen molar-refractivity contribution in [3.05, 3.63) is 240 Å². The van der Waals surface area contributed by atoms with Crippen molar-refractivity contribution in [2.24, 2.45) is 0 Å². The molecule has 16 nitrogen and oxygen atoms in total. The Bertz CT molecular complexity index is 3610. The molecule has 6 atom stereocenters. The lowest BCUT2D eigenvalue weighted by Crippen LogP contribution is -2.53. The van der Waals surface area contributed by atoms with Gasteiger partial charge in [-0.15, -0.1) is 0 Å². The molecule has 10 rings (SSSR count). The van der Waals surface area contributed by atoms with Crippen LogP contribution in [0.4, 0.5) is 14.7 Å². The fourth-order valence-electron chi connectivity index (χ4n) is 10.6. The van der Waals surface area contributed by atoms with Crippen molar-refractivity contribution in [1.82, 2.24) is 24.6 Å². The first kappa shape index (κ1) is 58.7. The molecule has 2 aromatic heterocycles. The van der Waals surface area contributed by atoms with E-state index in [0.29, 0.717) is 28.2 Å². The third-order valence-corrected chi connectivity index (χ3v) is 16.1. The van der Waals surface area contributed by atoms with Gasteiger partial charge in [0.25, 0.3) is 5.85 Å². The van der Waals surface area contributed by atoms with Crippen LogP contribution in [0.3, 0.4) is 0 Å². The first-order chi connectivity index (χ1) is 40.6. The molecule has 7 aromatic carbocycles. The summed E-state index contributed by atoms with van der Waals surface area (Å²) in [6.07, 6.45) is -3.57. The number of esters is 1. The van der Waals surface area contributed by atoms with Gasteiger partial charge in [-0.2, -0.15) is 15.1 Å². The van der Waals surface area contributed by atoms with Crippen molar-refractivity contribution >= 4 is 30.8 Å². The van der Waals surface area contributed by atoms with Gasteiger partial charge < -0.3 is 38.3 Å². The number of rotatable bonds is 24. The molecule has 434 valence electrons. The van der Waals surface area contributed by atoms with Gasteiger partial charge in [-0.05, 0) is 104 Å². The molecule has 0 bridgehead atoms. The van der Waals surface area contributed by atoms with E-state index in [2.05, 4.69) is 15.4 Å². The van der Waals surface area contributed by atoms with Gasteiger partial charge in [-0.25, -0.2) is 18.3 Å². The number of aromatic nitrogens is 4. The Labute approximate surface area is 486 Å². The number of hydrogen-bond donors (Lipinski definition) is 2. The number of anilines is 1. The number of carbonyl (C=O) groups excluding carboxylic acids is 1. The Hall–Kier alpha value is -8.51. The quantitative estimate of drug-likeness (QED) is 0.0332. The van der Waals surface area contributed by atoms with Crippen LogP contribution in [0.1, 0.15) is 74.2 Å². The minimum absolute atomic E-state index is 0.0132. The van der Waals surface area contributed by atoms with Crippen molar-refractivity contribution in [3.8, 4) is 23.1 Å². The molecular weight excluding hydrogens is 1090 g/mol. The largest absolute Gasteiger partial charge is 0.497 e. The summed E-state index contributed by atoms with van der Waals surface area (Å²) in [7, 11) is -1.74. The molecule has 2 N–H and O–H groups in total. The smallest absolute Gasteiger partial charge is 0.459 e. The Morgan fingerprint density at radius 3 is 1.65 bits per heavy atom. The molecule has 0 radical (unpaired) electrons. The number of nitrogens with one attached hydrogen (secondary N) is 2. The predicted octanol–water partition coefficient (Wildman–Crippen LogP) is 13.1. The van der Waals surface area contributed by atoms with Crippen molar-refractivity contribution in [2.45, 2.75) is 81.8 Å². The molecule has 19 heteroatoms. The number of nitrogens with zero attached hydrogens (tertiary/aromatic N) is 4. The summed E-state index contributed by atoms with van der Waals surface area (Å²) in [5.41, 5.74) is -2.09. The Balaban J connectivity index is 1.16. The lowest BCUT2D eigenvalue weighted by atomic mass is 9.77. The van der Waals surface area contributed by atoms with E-state index in [9.17, 15) is 4.79 Å². The van der Waals surface area contributed by atoms with Gasteiger partial charge in [0.05, 0.1) is 33.3 Å². The number of halogens is 2. The molecule has 0 spiro atoms. The lowest BCUT2D eigenvalue weighted by Gasteiger charge is -2.42. The zero-order valence-electron chi connectivity index (χ0n) is 47.4. The highest BCUT2D eigenvalue weighted by atomic mass is 31.2. The maximum atomic E-state index is 19.6. The summed E-state index contributed by atoms with van der Waals surface area (Å²) in [5, 5.41) is 6.29. The van der Waals surface area contributed by atoms with E-state index in [4.69, 9.17) is 47.4 Å². The zero-order chi connectivity index (χ0) is 59.1. The summed E-state index contributed by atoms with van der Waals surface area (Å²) in [4.78, 5) is 28.0. The van der Waals surface area contributed by atoms with Crippen LogP contribution in [0.15, 0.2) is 207 Å². The SMILES string of the molecule is CCOc1nc(NC(c2ccccc2)(c2ccccc2)c2ccc(OC)cc2)nc2c1ncn2[C@@H]1O[C@](F)(COP(=O)(N[C@@H](C)C(=O)OC(C)C)Oc2ccccc2)[C@@H](OC(c2ccccc2)(c2ccccc2)c2ccc(OC)cc2)[C@@]1(C)F. The van der Waals surface area contributed by atoms with E-state index >= 15 is 13.3 Å². The van der Waals surface area contributed by atoms with E-state index in [-0.39, 0.29) is 35.3 Å². The molecule has 1 aliphatic heterocycles. The molecule has 1 fully saturated rings. The van der Waals surface area contributed by atoms with Crippen molar-refractivity contribution in [2.75, 3.05) is 32.8 Å². The van der Waals surface area contributed by atoms with Gasteiger partial charge in [0.2, 0.25) is 11.8 Å². The van der Waals surface area contributed by atoms with Crippen LogP contribution in [-0.4, -0.2) is 82.7 Å². The highest BCUT2D eigenvalue weighted by Crippen LogP contribution is 2.57. The summed E-state index contributed by atoms with van der Waals surface area (Å²) in [5.74, 6) is -2.97. The fourth-order valence-corrected chi connectivity index (χ4v) is 12.1. The monoisotopic (exact) mass is 1160 g/mol. The number of methoxy groups -OCH3 is 2. The van der Waals surface area contributed by atoms with Gasteiger partial charge >= 0.3 is 13.7 Å². The predicted molar refractivity (Wildman–Crippen MR) is 314 cm³/mol. The Morgan fingerprint density at radius 1 is 0.679 bits per heavy atom. The van der Waals surface area contributed by atoms with Gasteiger partial charge in [0.15, 0.2) is 29.2 Å². The maximum absolute atomic E-state index is 19.6. The van der Waals surface area contributed by atoms with E-state index in [0.717, 1.165) is 23.6 Å². The first-order valence-electron chi connectivity index (χ1n) is 27.4. The third-order valence-electron chi connectivity index (χ3n) is 14.5. The second-order valence-corrected chi connectivity index (χ2v) is 22.2. The van der Waals surface area contributed by atoms with Gasteiger partial charge in [-0.1, -0.05) is 164 Å². The van der Waals surface area contributed by atoms with E-state index in [1.165, 1.54) is 37.1 Å². The second-order valence-electron chi connectivity index (χ2n) is 20.5. The average molecular weight is 1160 g/mol. The molecular formula is C65H65F2N6O10P. The Morgan fingerprint density at radius 2 is 1.15 bits per heavy atom. The Kier molecular flexibility index (Phi) is 17.3. The number of ether oxygens (including phenoxy) is 6. The van der Waals surface area contributed by atoms with Gasteiger partial charge in [0.1, 0.15) is 41.0 Å². The van der Waals surface area contributed by atoms with Crippen LogP contribution < -0.4 is 29.1 Å².